The van der Waals surface area contributed by atoms with Crippen LogP contribution in [0.15, 0.2) is 48.9 Å². The van der Waals surface area contributed by atoms with Crippen LogP contribution in [-0.4, -0.2) is 9.97 Å². The first-order valence-electron chi connectivity index (χ1n) is 6.52. The number of aryl methyl sites for hydroxylation is 1. The van der Waals surface area contributed by atoms with E-state index in [1.165, 1.54) is 11.1 Å². The number of rotatable bonds is 3. The van der Waals surface area contributed by atoms with Gasteiger partial charge >= 0.3 is 0 Å². The highest BCUT2D eigenvalue weighted by molar-refractivity contribution is 5.98. The molecular weight excluding hydrogens is 248 g/mol. The predicted molar refractivity (Wildman–Crippen MR) is 82.5 cm³/mol. The molecule has 0 aliphatic rings. The maximum absolute atomic E-state index is 5.96. The van der Waals surface area contributed by atoms with E-state index >= 15 is 0 Å². The second-order valence-corrected chi connectivity index (χ2v) is 4.76. The molecule has 100 valence electrons. The molecule has 2 aromatic heterocycles. The highest BCUT2D eigenvalue weighted by Crippen LogP contribution is 2.26. The number of fused-ring (bicyclic) bond motifs is 1. The SMILES string of the molecule is Cc1cnccc1CNc1ccc(N)c2ncccc12. The van der Waals surface area contributed by atoms with E-state index in [-0.39, 0.29) is 0 Å². The van der Waals surface area contributed by atoms with Crippen molar-refractivity contribution in [2.45, 2.75) is 13.5 Å². The Labute approximate surface area is 117 Å². The van der Waals surface area contributed by atoms with Crippen LogP contribution in [0.3, 0.4) is 0 Å². The minimum atomic E-state index is 0.700. The number of hydrogen-bond donors (Lipinski definition) is 2. The Hall–Kier alpha value is -2.62. The van der Waals surface area contributed by atoms with Gasteiger partial charge in [-0.1, -0.05) is 0 Å². The summed E-state index contributed by atoms with van der Waals surface area (Å²) in [6.07, 6.45) is 5.45. The van der Waals surface area contributed by atoms with Gasteiger partial charge in [0.05, 0.1) is 11.2 Å². The van der Waals surface area contributed by atoms with Crippen molar-refractivity contribution in [2.24, 2.45) is 0 Å². The molecule has 4 nitrogen and oxygen atoms in total. The van der Waals surface area contributed by atoms with Crippen LogP contribution >= 0.6 is 0 Å². The number of hydrogen-bond acceptors (Lipinski definition) is 4. The highest BCUT2D eigenvalue weighted by Gasteiger charge is 2.05. The van der Waals surface area contributed by atoms with E-state index < -0.39 is 0 Å². The highest BCUT2D eigenvalue weighted by atomic mass is 14.9. The van der Waals surface area contributed by atoms with Gasteiger partial charge in [0.15, 0.2) is 0 Å². The fourth-order valence-corrected chi connectivity index (χ4v) is 2.24. The van der Waals surface area contributed by atoms with Crippen LogP contribution < -0.4 is 11.1 Å². The van der Waals surface area contributed by atoms with Gasteiger partial charge in [0, 0.05) is 36.2 Å². The molecule has 0 bridgehead atoms. The van der Waals surface area contributed by atoms with Crippen LogP contribution in [0.2, 0.25) is 0 Å². The molecule has 0 saturated carbocycles. The van der Waals surface area contributed by atoms with Crippen LogP contribution in [-0.2, 0) is 6.54 Å². The summed E-state index contributed by atoms with van der Waals surface area (Å²) < 4.78 is 0. The van der Waals surface area contributed by atoms with Crippen LogP contribution in [0.5, 0.6) is 0 Å². The Kier molecular flexibility index (Phi) is 3.21. The fourth-order valence-electron chi connectivity index (χ4n) is 2.24. The molecule has 0 unspecified atom stereocenters. The number of nitrogen functional groups attached to an aromatic ring is 1. The first-order chi connectivity index (χ1) is 9.75. The molecule has 4 heteroatoms. The summed E-state index contributed by atoms with van der Waals surface area (Å²) >= 11 is 0. The Morgan fingerprint density at radius 3 is 2.90 bits per heavy atom. The molecule has 0 aliphatic heterocycles. The standard InChI is InChI=1S/C16H16N4/c1-11-9-18-8-6-12(11)10-20-15-5-4-14(17)16-13(15)3-2-7-19-16/h2-9,20H,10,17H2,1H3. The van der Waals surface area contributed by atoms with Crippen molar-refractivity contribution in [1.29, 1.82) is 0 Å². The van der Waals surface area contributed by atoms with Crippen LogP contribution in [0, 0.1) is 6.92 Å². The van der Waals surface area contributed by atoms with E-state index in [1.807, 2.05) is 42.7 Å². The largest absolute Gasteiger partial charge is 0.397 e. The lowest BCUT2D eigenvalue weighted by atomic mass is 10.1. The fraction of sp³-hybridized carbons (Fsp3) is 0.125. The average molecular weight is 264 g/mol. The molecule has 0 spiro atoms. The van der Waals surface area contributed by atoms with E-state index in [0.29, 0.717) is 5.69 Å². The molecule has 0 aliphatic carbocycles. The summed E-state index contributed by atoms with van der Waals surface area (Å²) in [5.74, 6) is 0. The zero-order valence-electron chi connectivity index (χ0n) is 11.3. The molecular formula is C16H16N4. The first-order valence-corrected chi connectivity index (χ1v) is 6.52. The van der Waals surface area contributed by atoms with E-state index in [2.05, 4.69) is 22.2 Å². The first kappa shape index (κ1) is 12.4. The Morgan fingerprint density at radius 2 is 2.05 bits per heavy atom. The number of aromatic nitrogens is 2. The summed E-state index contributed by atoms with van der Waals surface area (Å²) in [7, 11) is 0. The van der Waals surface area contributed by atoms with Crippen molar-refractivity contribution in [3.63, 3.8) is 0 Å². The minimum absolute atomic E-state index is 0.700. The van der Waals surface area contributed by atoms with Gasteiger partial charge in [0.25, 0.3) is 0 Å². The molecule has 0 atom stereocenters. The molecule has 3 rings (SSSR count). The molecule has 1 aromatic carbocycles. The summed E-state index contributed by atoms with van der Waals surface area (Å²) in [6, 6.07) is 9.86. The van der Waals surface area contributed by atoms with Crippen molar-refractivity contribution in [1.82, 2.24) is 9.97 Å². The van der Waals surface area contributed by atoms with Crippen molar-refractivity contribution >= 4 is 22.3 Å². The Morgan fingerprint density at radius 1 is 1.15 bits per heavy atom. The van der Waals surface area contributed by atoms with Gasteiger partial charge in [-0.3, -0.25) is 9.97 Å². The number of anilines is 2. The van der Waals surface area contributed by atoms with Crippen molar-refractivity contribution in [2.75, 3.05) is 11.1 Å². The zero-order chi connectivity index (χ0) is 13.9. The van der Waals surface area contributed by atoms with E-state index in [9.17, 15) is 0 Å². The number of nitrogens with zero attached hydrogens (tertiary/aromatic N) is 2. The summed E-state index contributed by atoms with van der Waals surface area (Å²) in [4.78, 5) is 8.45. The normalized spacial score (nSPS) is 10.7. The molecule has 3 aromatic rings. The third kappa shape index (κ3) is 2.28. The minimum Gasteiger partial charge on any atom is -0.397 e. The van der Waals surface area contributed by atoms with E-state index in [0.717, 1.165) is 23.1 Å². The van der Waals surface area contributed by atoms with E-state index in [4.69, 9.17) is 5.73 Å². The predicted octanol–water partition coefficient (Wildman–Crippen LogP) is 3.13. The topological polar surface area (TPSA) is 63.8 Å². The van der Waals surface area contributed by atoms with Crippen molar-refractivity contribution in [3.05, 3.63) is 60.0 Å². The number of benzene rings is 1. The maximum Gasteiger partial charge on any atom is 0.0951 e. The van der Waals surface area contributed by atoms with Crippen LogP contribution in [0.25, 0.3) is 10.9 Å². The van der Waals surface area contributed by atoms with Gasteiger partial charge in [-0.15, -0.1) is 0 Å². The van der Waals surface area contributed by atoms with Crippen LogP contribution in [0.4, 0.5) is 11.4 Å². The number of pyridine rings is 2. The average Bonchev–Trinajstić information content (AvgIpc) is 2.48. The van der Waals surface area contributed by atoms with Crippen molar-refractivity contribution < 1.29 is 0 Å². The summed E-state index contributed by atoms with van der Waals surface area (Å²) in [5, 5.41) is 4.49. The van der Waals surface area contributed by atoms with Gasteiger partial charge in [-0.05, 0) is 48.4 Å². The van der Waals surface area contributed by atoms with E-state index in [1.54, 1.807) is 6.20 Å². The van der Waals surface area contributed by atoms with Gasteiger partial charge in [-0.25, -0.2) is 0 Å². The maximum atomic E-state index is 5.96. The second-order valence-electron chi connectivity index (χ2n) is 4.76. The third-order valence-corrected chi connectivity index (χ3v) is 3.41. The lowest BCUT2D eigenvalue weighted by Gasteiger charge is -2.12. The lowest BCUT2D eigenvalue weighted by molar-refractivity contribution is 1.09. The summed E-state index contributed by atoms with van der Waals surface area (Å²) in [6.45, 7) is 2.81. The van der Waals surface area contributed by atoms with Gasteiger partial charge in [0.2, 0.25) is 0 Å². The molecule has 0 amide bonds. The smallest absolute Gasteiger partial charge is 0.0951 e. The molecule has 0 radical (unpaired) electrons. The lowest BCUT2D eigenvalue weighted by Crippen LogP contribution is -2.03. The third-order valence-electron chi connectivity index (χ3n) is 3.41. The molecule has 0 saturated heterocycles. The van der Waals surface area contributed by atoms with Gasteiger partial charge in [0.1, 0.15) is 0 Å². The monoisotopic (exact) mass is 264 g/mol. The molecule has 20 heavy (non-hydrogen) atoms. The van der Waals surface area contributed by atoms with Crippen LogP contribution in [0.1, 0.15) is 11.1 Å². The second kappa shape index (κ2) is 5.17. The Bertz CT molecular complexity index is 752. The molecule has 0 fully saturated rings. The zero-order valence-corrected chi connectivity index (χ0v) is 11.3. The molecule has 2 heterocycles. The molecule has 3 N–H and O–H groups in total. The van der Waals surface area contributed by atoms with Gasteiger partial charge in [-0.2, -0.15) is 0 Å². The summed E-state index contributed by atoms with van der Waals surface area (Å²) in [5.41, 5.74) is 10.9. The Balaban J connectivity index is 1.92. The number of nitrogens with two attached hydrogens (primary N) is 1. The quantitative estimate of drug-likeness (QED) is 0.713. The van der Waals surface area contributed by atoms with Gasteiger partial charge < -0.3 is 11.1 Å². The van der Waals surface area contributed by atoms with Crippen molar-refractivity contribution in [3.8, 4) is 0 Å². The number of nitrogens with one attached hydrogen (secondary N) is 1.